The fourth-order valence-corrected chi connectivity index (χ4v) is 3.76. The highest BCUT2D eigenvalue weighted by Gasteiger charge is 2.17. The van der Waals surface area contributed by atoms with Crippen molar-refractivity contribution in [2.24, 2.45) is 0 Å². The van der Waals surface area contributed by atoms with E-state index in [4.69, 9.17) is 0 Å². The predicted octanol–water partition coefficient (Wildman–Crippen LogP) is 3.92. The van der Waals surface area contributed by atoms with Gasteiger partial charge in [0.15, 0.2) is 5.16 Å². The molecule has 0 fully saturated rings. The molecule has 3 rings (SSSR count). The van der Waals surface area contributed by atoms with Crippen LogP contribution in [0.1, 0.15) is 26.7 Å². The van der Waals surface area contributed by atoms with Crippen LogP contribution in [-0.4, -0.2) is 27.3 Å². The SMILES string of the molecule is CCC(CC)NC(=O)CSc1nc2ccccc2c(=O)n1-c1ccccc1F. The number of nitrogens with zero attached hydrogens (tertiary/aromatic N) is 2. The first kappa shape index (κ1) is 20.1. The Morgan fingerprint density at radius 2 is 1.82 bits per heavy atom. The van der Waals surface area contributed by atoms with Crippen molar-refractivity contribution in [2.45, 2.75) is 37.9 Å². The Morgan fingerprint density at radius 3 is 2.54 bits per heavy atom. The van der Waals surface area contributed by atoms with Crippen LogP contribution in [0.15, 0.2) is 58.5 Å². The molecule has 1 N–H and O–H groups in total. The van der Waals surface area contributed by atoms with Crippen LogP contribution < -0.4 is 10.9 Å². The standard InChI is InChI=1S/C21H22FN3O2S/c1-3-14(4-2)23-19(26)13-28-21-24-17-11-7-5-9-15(17)20(27)25(21)18-12-8-6-10-16(18)22/h5-12,14H,3-4,13H2,1-2H3,(H,23,26). The van der Waals surface area contributed by atoms with E-state index < -0.39 is 5.82 Å². The molecule has 0 saturated carbocycles. The van der Waals surface area contributed by atoms with E-state index in [9.17, 15) is 14.0 Å². The highest BCUT2D eigenvalue weighted by molar-refractivity contribution is 7.99. The van der Waals surface area contributed by atoms with Crippen LogP contribution >= 0.6 is 11.8 Å². The number of halogens is 1. The molecule has 0 aliphatic carbocycles. The van der Waals surface area contributed by atoms with Crippen LogP contribution in [-0.2, 0) is 4.79 Å². The van der Waals surface area contributed by atoms with E-state index >= 15 is 0 Å². The number of carbonyl (C=O) groups is 1. The number of fused-ring (bicyclic) bond motifs is 1. The van der Waals surface area contributed by atoms with Gasteiger partial charge in [0.1, 0.15) is 5.82 Å². The van der Waals surface area contributed by atoms with E-state index in [1.807, 2.05) is 13.8 Å². The first-order valence-corrected chi connectivity index (χ1v) is 10.2. The van der Waals surface area contributed by atoms with E-state index in [0.29, 0.717) is 10.9 Å². The van der Waals surface area contributed by atoms with Crippen LogP contribution in [0.2, 0.25) is 0 Å². The van der Waals surface area contributed by atoms with Crippen LogP contribution in [0.4, 0.5) is 4.39 Å². The number of hydrogen-bond donors (Lipinski definition) is 1. The van der Waals surface area contributed by atoms with Crippen LogP contribution in [0.3, 0.4) is 0 Å². The van der Waals surface area contributed by atoms with Gasteiger partial charge in [0.05, 0.1) is 22.3 Å². The maximum absolute atomic E-state index is 14.4. The summed E-state index contributed by atoms with van der Waals surface area (Å²) in [5, 5.41) is 3.65. The van der Waals surface area contributed by atoms with Gasteiger partial charge < -0.3 is 5.32 Å². The third kappa shape index (κ3) is 4.25. The van der Waals surface area contributed by atoms with Gasteiger partial charge in [-0.05, 0) is 37.1 Å². The Labute approximate surface area is 167 Å². The lowest BCUT2D eigenvalue weighted by atomic mass is 10.2. The number of aromatic nitrogens is 2. The summed E-state index contributed by atoms with van der Waals surface area (Å²) in [6.45, 7) is 4.03. The van der Waals surface area contributed by atoms with E-state index in [1.54, 1.807) is 36.4 Å². The zero-order valence-electron chi connectivity index (χ0n) is 15.8. The number of hydrogen-bond acceptors (Lipinski definition) is 4. The quantitative estimate of drug-likeness (QED) is 0.483. The van der Waals surface area contributed by atoms with E-state index in [0.717, 1.165) is 24.6 Å². The fourth-order valence-electron chi connectivity index (χ4n) is 2.95. The van der Waals surface area contributed by atoms with Gasteiger partial charge in [0.2, 0.25) is 5.91 Å². The molecule has 5 nitrogen and oxygen atoms in total. The van der Waals surface area contributed by atoms with Crippen molar-refractivity contribution >= 4 is 28.6 Å². The molecular weight excluding hydrogens is 377 g/mol. The Kier molecular flexibility index (Phi) is 6.46. The molecule has 0 aliphatic heterocycles. The molecule has 0 spiro atoms. The molecule has 0 aliphatic rings. The summed E-state index contributed by atoms with van der Waals surface area (Å²) in [4.78, 5) is 29.9. The van der Waals surface area contributed by atoms with Gasteiger partial charge in [-0.15, -0.1) is 0 Å². The molecule has 3 aromatic rings. The Balaban J connectivity index is 2.01. The lowest BCUT2D eigenvalue weighted by Crippen LogP contribution is -2.35. The smallest absolute Gasteiger partial charge is 0.266 e. The Morgan fingerprint density at radius 1 is 1.14 bits per heavy atom. The predicted molar refractivity (Wildman–Crippen MR) is 111 cm³/mol. The molecule has 1 heterocycles. The topological polar surface area (TPSA) is 64.0 Å². The summed E-state index contributed by atoms with van der Waals surface area (Å²) in [6.07, 6.45) is 1.70. The fraction of sp³-hybridized carbons (Fsp3) is 0.286. The zero-order chi connectivity index (χ0) is 20.1. The van der Waals surface area contributed by atoms with E-state index in [2.05, 4.69) is 10.3 Å². The summed E-state index contributed by atoms with van der Waals surface area (Å²) >= 11 is 1.12. The van der Waals surface area contributed by atoms with Gasteiger partial charge in [-0.1, -0.05) is 49.9 Å². The second-order valence-electron chi connectivity index (χ2n) is 6.37. The monoisotopic (exact) mass is 399 g/mol. The summed E-state index contributed by atoms with van der Waals surface area (Å²) < 4.78 is 15.7. The summed E-state index contributed by atoms with van der Waals surface area (Å²) in [5.41, 5.74) is 0.273. The van der Waals surface area contributed by atoms with Gasteiger partial charge >= 0.3 is 0 Å². The molecule has 0 bridgehead atoms. The first-order chi connectivity index (χ1) is 13.5. The molecule has 0 atom stereocenters. The number of rotatable bonds is 7. The zero-order valence-corrected chi connectivity index (χ0v) is 16.6. The number of carbonyl (C=O) groups excluding carboxylic acids is 1. The van der Waals surface area contributed by atoms with Gasteiger partial charge in [0.25, 0.3) is 5.56 Å². The summed E-state index contributed by atoms with van der Waals surface area (Å²) in [7, 11) is 0. The van der Waals surface area contributed by atoms with Crippen LogP contribution in [0.25, 0.3) is 16.6 Å². The second-order valence-corrected chi connectivity index (χ2v) is 7.32. The summed E-state index contributed by atoms with van der Waals surface area (Å²) in [6, 6.07) is 13.1. The maximum atomic E-state index is 14.4. The van der Waals surface area contributed by atoms with Crippen molar-refractivity contribution in [1.29, 1.82) is 0 Å². The largest absolute Gasteiger partial charge is 0.353 e. The highest BCUT2D eigenvalue weighted by Crippen LogP contribution is 2.22. The van der Waals surface area contributed by atoms with Gasteiger partial charge in [-0.2, -0.15) is 0 Å². The van der Waals surface area contributed by atoms with Crippen molar-refractivity contribution in [3.05, 3.63) is 64.7 Å². The minimum atomic E-state index is -0.523. The lowest BCUT2D eigenvalue weighted by Gasteiger charge is -2.16. The molecule has 0 saturated heterocycles. The Bertz CT molecular complexity index is 1050. The van der Waals surface area contributed by atoms with Crippen LogP contribution in [0, 0.1) is 5.82 Å². The number of benzene rings is 2. The molecule has 1 aromatic heterocycles. The molecule has 1 amide bonds. The minimum absolute atomic E-state index is 0.0930. The third-order valence-corrected chi connectivity index (χ3v) is 5.46. The summed E-state index contributed by atoms with van der Waals surface area (Å²) in [5.74, 6) is -0.568. The number of thioether (sulfide) groups is 1. The number of para-hydroxylation sites is 2. The lowest BCUT2D eigenvalue weighted by molar-refractivity contribution is -0.119. The average Bonchev–Trinajstić information content (AvgIpc) is 2.71. The van der Waals surface area contributed by atoms with Crippen molar-refractivity contribution in [3.63, 3.8) is 0 Å². The van der Waals surface area contributed by atoms with Crippen LogP contribution in [0.5, 0.6) is 0 Å². The molecule has 28 heavy (non-hydrogen) atoms. The number of amides is 1. The molecule has 2 aromatic carbocycles. The van der Waals surface area contributed by atoms with Crippen molar-refractivity contribution in [2.75, 3.05) is 5.75 Å². The van der Waals surface area contributed by atoms with Crippen molar-refractivity contribution in [1.82, 2.24) is 14.9 Å². The number of nitrogens with one attached hydrogen (secondary N) is 1. The molecule has 7 heteroatoms. The minimum Gasteiger partial charge on any atom is -0.353 e. The first-order valence-electron chi connectivity index (χ1n) is 9.24. The third-order valence-electron chi connectivity index (χ3n) is 4.52. The second kappa shape index (κ2) is 9.01. The van der Waals surface area contributed by atoms with E-state index in [-0.39, 0.29) is 34.1 Å². The van der Waals surface area contributed by atoms with Crippen molar-refractivity contribution in [3.8, 4) is 5.69 Å². The molecule has 0 radical (unpaired) electrons. The van der Waals surface area contributed by atoms with Gasteiger partial charge in [0, 0.05) is 6.04 Å². The molecule has 146 valence electrons. The van der Waals surface area contributed by atoms with Gasteiger partial charge in [-0.25, -0.2) is 9.37 Å². The normalized spacial score (nSPS) is 11.1. The van der Waals surface area contributed by atoms with E-state index in [1.165, 1.54) is 16.7 Å². The van der Waals surface area contributed by atoms with Crippen molar-refractivity contribution < 1.29 is 9.18 Å². The average molecular weight is 399 g/mol. The highest BCUT2D eigenvalue weighted by atomic mass is 32.2. The van der Waals surface area contributed by atoms with Gasteiger partial charge in [-0.3, -0.25) is 14.2 Å². The molecule has 0 unspecified atom stereocenters. The maximum Gasteiger partial charge on any atom is 0.266 e. The Hall–Kier alpha value is -2.67. The molecular formula is C21H22FN3O2S.